The summed E-state index contributed by atoms with van der Waals surface area (Å²) in [6.45, 7) is 1.56. The van der Waals surface area contributed by atoms with Crippen LogP contribution in [0.4, 0.5) is 11.4 Å². The van der Waals surface area contributed by atoms with Gasteiger partial charge in [-0.15, -0.1) is 0 Å². The number of anilines is 2. The molecule has 5 nitrogen and oxygen atoms in total. The zero-order valence-corrected chi connectivity index (χ0v) is 14.1. The van der Waals surface area contributed by atoms with Gasteiger partial charge in [0.05, 0.1) is 12.2 Å². The van der Waals surface area contributed by atoms with E-state index in [2.05, 4.69) is 10.0 Å². The van der Waals surface area contributed by atoms with Gasteiger partial charge in [0.1, 0.15) is 0 Å². The number of carbonyl (C=O) groups excluding carboxylic acids is 1. The lowest BCUT2D eigenvalue weighted by Crippen LogP contribution is -2.15. The fourth-order valence-electron chi connectivity index (χ4n) is 1.87. The van der Waals surface area contributed by atoms with E-state index in [-0.39, 0.29) is 18.1 Å². The van der Waals surface area contributed by atoms with Crippen LogP contribution in [-0.2, 0) is 21.2 Å². The second kappa shape index (κ2) is 7.48. The minimum atomic E-state index is -3.30. The summed E-state index contributed by atoms with van der Waals surface area (Å²) in [6, 6.07) is 13.6. The quantitative estimate of drug-likeness (QED) is 0.837. The van der Waals surface area contributed by atoms with Crippen LogP contribution in [0.25, 0.3) is 0 Å². The van der Waals surface area contributed by atoms with E-state index in [0.29, 0.717) is 16.4 Å². The molecule has 0 fully saturated rings. The van der Waals surface area contributed by atoms with Gasteiger partial charge in [-0.3, -0.25) is 9.52 Å². The lowest BCUT2D eigenvalue weighted by molar-refractivity contribution is -0.115. The van der Waals surface area contributed by atoms with Crippen molar-refractivity contribution in [1.29, 1.82) is 0 Å². The van der Waals surface area contributed by atoms with Gasteiger partial charge >= 0.3 is 0 Å². The van der Waals surface area contributed by atoms with Crippen LogP contribution in [0, 0.1) is 0 Å². The Morgan fingerprint density at radius 1 is 1.00 bits per heavy atom. The van der Waals surface area contributed by atoms with Crippen molar-refractivity contribution in [3.8, 4) is 0 Å². The molecule has 0 aliphatic carbocycles. The molecule has 0 saturated heterocycles. The van der Waals surface area contributed by atoms with Crippen molar-refractivity contribution in [2.45, 2.75) is 13.3 Å². The van der Waals surface area contributed by atoms with E-state index in [1.807, 2.05) is 0 Å². The van der Waals surface area contributed by atoms with Crippen molar-refractivity contribution in [2.75, 3.05) is 15.8 Å². The number of sulfonamides is 1. The van der Waals surface area contributed by atoms with Gasteiger partial charge in [0.25, 0.3) is 0 Å². The lowest BCUT2D eigenvalue weighted by atomic mass is 10.1. The molecule has 2 N–H and O–H groups in total. The number of benzene rings is 2. The minimum Gasteiger partial charge on any atom is -0.326 e. The van der Waals surface area contributed by atoms with Gasteiger partial charge in [-0.1, -0.05) is 23.7 Å². The van der Waals surface area contributed by atoms with Crippen LogP contribution in [-0.4, -0.2) is 20.1 Å². The molecule has 2 rings (SSSR count). The fraction of sp³-hybridized carbons (Fsp3) is 0.188. The number of nitrogens with one attached hydrogen (secondary N) is 2. The second-order valence-corrected chi connectivity index (χ2v) is 7.38. The average molecular weight is 353 g/mol. The maximum Gasteiger partial charge on any atom is 0.232 e. The molecule has 0 saturated carbocycles. The number of rotatable bonds is 6. The summed E-state index contributed by atoms with van der Waals surface area (Å²) in [7, 11) is -3.30. The number of carbonyl (C=O) groups is 1. The molecule has 0 aliphatic rings. The third-order valence-corrected chi connectivity index (χ3v) is 4.66. The smallest absolute Gasteiger partial charge is 0.232 e. The highest BCUT2D eigenvalue weighted by molar-refractivity contribution is 7.92. The molecule has 0 unspecified atom stereocenters. The molecule has 0 heterocycles. The largest absolute Gasteiger partial charge is 0.326 e. The van der Waals surface area contributed by atoms with Crippen molar-refractivity contribution in [1.82, 2.24) is 0 Å². The molecule has 2 aromatic carbocycles. The number of amides is 1. The summed E-state index contributed by atoms with van der Waals surface area (Å²) < 4.78 is 25.4. The maximum absolute atomic E-state index is 12.0. The van der Waals surface area contributed by atoms with E-state index in [4.69, 9.17) is 11.6 Å². The molecular formula is C16H17ClN2O3S. The van der Waals surface area contributed by atoms with Crippen LogP contribution in [0.3, 0.4) is 0 Å². The monoisotopic (exact) mass is 352 g/mol. The first-order valence-corrected chi connectivity index (χ1v) is 9.06. The third kappa shape index (κ3) is 5.58. The first kappa shape index (κ1) is 17.3. The molecule has 0 atom stereocenters. The van der Waals surface area contributed by atoms with Gasteiger partial charge in [-0.05, 0) is 48.9 Å². The summed E-state index contributed by atoms with van der Waals surface area (Å²) in [5, 5.41) is 3.38. The third-order valence-electron chi connectivity index (χ3n) is 3.10. The summed E-state index contributed by atoms with van der Waals surface area (Å²) in [5.41, 5.74) is 1.92. The van der Waals surface area contributed by atoms with Gasteiger partial charge < -0.3 is 5.32 Å². The standard InChI is InChI=1S/C16H17ClN2O3S/c1-2-23(21,22)19-15-9-7-14(8-10-15)18-16(20)11-12-3-5-13(17)6-4-12/h3-10,19H,2,11H2,1H3,(H,18,20). The Bertz CT molecular complexity index is 772. The van der Waals surface area contributed by atoms with E-state index in [9.17, 15) is 13.2 Å². The number of halogens is 1. The molecule has 0 aromatic heterocycles. The highest BCUT2D eigenvalue weighted by atomic mass is 35.5. The van der Waals surface area contributed by atoms with Crippen molar-refractivity contribution in [2.24, 2.45) is 0 Å². The molecule has 0 aliphatic heterocycles. The normalized spacial score (nSPS) is 11.0. The van der Waals surface area contributed by atoms with Crippen LogP contribution in [0.5, 0.6) is 0 Å². The molecule has 23 heavy (non-hydrogen) atoms. The van der Waals surface area contributed by atoms with Crippen LogP contribution in [0.1, 0.15) is 12.5 Å². The predicted molar refractivity (Wildman–Crippen MR) is 93.3 cm³/mol. The summed E-state index contributed by atoms with van der Waals surface area (Å²) >= 11 is 5.80. The first-order valence-electron chi connectivity index (χ1n) is 7.03. The molecule has 0 radical (unpaired) electrons. The lowest BCUT2D eigenvalue weighted by Gasteiger charge is -2.08. The van der Waals surface area contributed by atoms with Crippen molar-refractivity contribution in [3.05, 3.63) is 59.1 Å². The Kier molecular flexibility index (Phi) is 5.63. The van der Waals surface area contributed by atoms with Crippen LogP contribution < -0.4 is 10.0 Å². The second-order valence-electron chi connectivity index (χ2n) is 4.93. The highest BCUT2D eigenvalue weighted by Gasteiger charge is 2.07. The van der Waals surface area contributed by atoms with Crippen molar-refractivity contribution in [3.63, 3.8) is 0 Å². The van der Waals surface area contributed by atoms with Gasteiger partial charge in [-0.2, -0.15) is 0 Å². The van der Waals surface area contributed by atoms with Gasteiger partial charge in [0.15, 0.2) is 0 Å². The number of hydrogen-bond donors (Lipinski definition) is 2. The fourth-order valence-corrected chi connectivity index (χ4v) is 2.63. The molecule has 0 spiro atoms. The van der Waals surface area contributed by atoms with E-state index < -0.39 is 10.0 Å². The van der Waals surface area contributed by atoms with E-state index >= 15 is 0 Å². The van der Waals surface area contributed by atoms with E-state index in [0.717, 1.165) is 5.56 Å². The maximum atomic E-state index is 12.0. The minimum absolute atomic E-state index is 0.00653. The summed E-state index contributed by atoms with van der Waals surface area (Å²) in [5.74, 6) is -0.152. The zero-order chi connectivity index (χ0) is 16.9. The van der Waals surface area contributed by atoms with Gasteiger partial charge in [0, 0.05) is 16.4 Å². The molecule has 0 bridgehead atoms. The van der Waals surface area contributed by atoms with Crippen LogP contribution in [0.2, 0.25) is 5.02 Å². The highest BCUT2D eigenvalue weighted by Crippen LogP contribution is 2.16. The molecule has 7 heteroatoms. The average Bonchev–Trinajstić information content (AvgIpc) is 2.51. The van der Waals surface area contributed by atoms with Crippen LogP contribution in [0.15, 0.2) is 48.5 Å². The van der Waals surface area contributed by atoms with Crippen molar-refractivity contribution >= 4 is 38.9 Å². The predicted octanol–water partition coefficient (Wildman–Crippen LogP) is 3.28. The summed E-state index contributed by atoms with van der Waals surface area (Å²) in [4.78, 5) is 12.0. The van der Waals surface area contributed by atoms with E-state index in [1.54, 1.807) is 55.5 Å². The topological polar surface area (TPSA) is 75.3 Å². The number of hydrogen-bond acceptors (Lipinski definition) is 3. The summed E-state index contributed by atoms with van der Waals surface area (Å²) in [6.07, 6.45) is 0.237. The first-order chi connectivity index (χ1) is 10.9. The van der Waals surface area contributed by atoms with Crippen LogP contribution >= 0.6 is 11.6 Å². The Hall–Kier alpha value is -2.05. The Morgan fingerprint density at radius 3 is 2.13 bits per heavy atom. The molecule has 1 amide bonds. The molecular weight excluding hydrogens is 336 g/mol. The Morgan fingerprint density at radius 2 is 1.57 bits per heavy atom. The Balaban J connectivity index is 1.95. The molecule has 122 valence electrons. The molecule has 2 aromatic rings. The van der Waals surface area contributed by atoms with Gasteiger partial charge in [-0.25, -0.2) is 8.42 Å². The Labute approximate surface area is 140 Å². The van der Waals surface area contributed by atoms with E-state index in [1.165, 1.54) is 0 Å². The SMILES string of the molecule is CCS(=O)(=O)Nc1ccc(NC(=O)Cc2ccc(Cl)cc2)cc1. The van der Waals surface area contributed by atoms with Crippen molar-refractivity contribution < 1.29 is 13.2 Å². The van der Waals surface area contributed by atoms with Gasteiger partial charge in [0.2, 0.25) is 15.9 Å². The zero-order valence-electron chi connectivity index (χ0n) is 12.5.